The van der Waals surface area contributed by atoms with E-state index < -0.39 is 22.3 Å². The molecule has 2 aromatic heterocycles. The van der Waals surface area contributed by atoms with Crippen molar-refractivity contribution in [3.63, 3.8) is 0 Å². The van der Waals surface area contributed by atoms with E-state index in [4.69, 9.17) is 0 Å². The average molecular weight is 565 g/mol. The number of carbonyl (C=O) groups excluding carboxylic acids is 3. The number of nitrogens with one attached hydrogen (secondary N) is 2. The molecule has 2 saturated heterocycles. The van der Waals surface area contributed by atoms with Gasteiger partial charge >= 0.3 is 0 Å². The van der Waals surface area contributed by atoms with Gasteiger partial charge in [-0.25, -0.2) is 0 Å². The predicted octanol–water partition coefficient (Wildman–Crippen LogP) is 4.31. The number of aromatic nitrogens is 2. The summed E-state index contributed by atoms with van der Waals surface area (Å²) in [5, 5.41) is 11.0. The number of allylic oxidation sites excluding steroid dienone is 3. The van der Waals surface area contributed by atoms with Crippen LogP contribution in [0, 0.1) is 42.4 Å². The number of H-pyrrole nitrogens is 2. The van der Waals surface area contributed by atoms with E-state index in [-0.39, 0.29) is 23.5 Å². The zero-order chi connectivity index (χ0) is 29.1. The fraction of sp³-hybridized carbons (Fsp3) is 0.500. The molecule has 4 saturated carbocycles. The number of hydrogen-bond acceptors (Lipinski definition) is 4. The molecule has 6 fully saturated rings. The molecule has 216 valence electrons. The van der Waals surface area contributed by atoms with Crippen LogP contribution in [0.1, 0.15) is 83.1 Å². The van der Waals surface area contributed by atoms with Gasteiger partial charge in [0.15, 0.2) is 0 Å². The Labute approximate surface area is 244 Å². The quantitative estimate of drug-likeness (QED) is 0.483. The second-order valence-electron chi connectivity index (χ2n) is 14.4. The zero-order valence-corrected chi connectivity index (χ0v) is 24.3. The van der Waals surface area contributed by atoms with Gasteiger partial charge in [-0.15, -0.1) is 6.58 Å². The summed E-state index contributed by atoms with van der Waals surface area (Å²) in [7, 11) is 0. The van der Waals surface area contributed by atoms with E-state index in [9.17, 15) is 19.5 Å². The van der Waals surface area contributed by atoms with Crippen LogP contribution in [0.5, 0.6) is 0 Å². The summed E-state index contributed by atoms with van der Waals surface area (Å²) in [6, 6.07) is 0. The van der Waals surface area contributed by atoms with Crippen LogP contribution < -0.4 is 0 Å². The summed E-state index contributed by atoms with van der Waals surface area (Å²) in [5.41, 5.74) is 5.79. The van der Waals surface area contributed by atoms with Crippen LogP contribution in [-0.2, 0) is 15.0 Å². The molecule has 8 aliphatic rings. The van der Waals surface area contributed by atoms with Gasteiger partial charge in [0.2, 0.25) is 17.6 Å². The Bertz CT molecular complexity index is 1720. The zero-order valence-electron chi connectivity index (χ0n) is 24.3. The van der Waals surface area contributed by atoms with Crippen molar-refractivity contribution in [2.24, 2.45) is 28.6 Å². The van der Waals surface area contributed by atoms with Crippen molar-refractivity contribution >= 4 is 17.6 Å². The molecule has 2 amide bonds. The first-order chi connectivity index (χ1) is 20.1. The Balaban J connectivity index is 0.983. The average Bonchev–Trinajstić information content (AvgIpc) is 3.26. The predicted molar refractivity (Wildman–Crippen MR) is 154 cm³/mol. The summed E-state index contributed by atoms with van der Waals surface area (Å²) >= 11 is 0. The Morgan fingerprint density at radius 3 is 2.48 bits per heavy atom. The van der Waals surface area contributed by atoms with E-state index in [1.807, 2.05) is 41.3 Å². The second-order valence-corrected chi connectivity index (χ2v) is 14.4. The number of ketones is 1. The standard InChI is InChI=1S/C34H36N4O4/c1-5-34-6-7-37(23(34)9-22(40)29-27(34)17(3)11-36-29)30(41)32-13-33(14-32,15-32)31(42)38-12-19-18(4)25(19)26-20(38)8-21(39)28-24(26)16(2)10-35-28/h5,8-11,18-19,21,25-26,35-36,39H,1,6-7,12-15H2,2-4H3/t18-,19+,21?,25+,26?,32?,33?,34+/m1/s1. The summed E-state index contributed by atoms with van der Waals surface area (Å²) in [6.45, 7) is 11.7. The van der Waals surface area contributed by atoms with Crippen molar-refractivity contribution in [1.29, 1.82) is 0 Å². The topological polar surface area (TPSA) is 110 Å². The van der Waals surface area contributed by atoms with Crippen molar-refractivity contribution in [3.05, 3.63) is 82.2 Å². The lowest BCUT2D eigenvalue weighted by molar-refractivity contribution is -0.219. The minimum absolute atomic E-state index is 0.0453. The van der Waals surface area contributed by atoms with Crippen molar-refractivity contribution < 1.29 is 19.5 Å². The highest BCUT2D eigenvalue weighted by Crippen LogP contribution is 2.76. The van der Waals surface area contributed by atoms with Gasteiger partial charge in [-0.05, 0) is 85.6 Å². The van der Waals surface area contributed by atoms with Gasteiger partial charge in [-0.2, -0.15) is 0 Å². The van der Waals surface area contributed by atoms with E-state index in [1.54, 1.807) is 6.08 Å². The Kier molecular flexibility index (Phi) is 4.42. The number of aliphatic hydroxyl groups excluding tert-OH is 1. The molecule has 6 aliphatic carbocycles. The Hall–Kier alpha value is -3.65. The number of hydrogen-bond donors (Lipinski definition) is 3. The molecular weight excluding hydrogens is 528 g/mol. The molecule has 42 heavy (non-hydrogen) atoms. The number of rotatable bonds is 3. The molecule has 2 unspecified atom stereocenters. The van der Waals surface area contributed by atoms with Gasteiger partial charge in [0.25, 0.3) is 0 Å². The van der Waals surface area contributed by atoms with E-state index >= 15 is 0 Å². The molecule has 0 aromatic carbocycles. The molecule has 2 bridgehead atoms. The molecule has 6 atom stereocenters. The van der Waals surface area contributed by atoms with E-state index in [2.05, 4.69) is 30.4 Å². The smallest absolute Gasteiger partial charge is 0.233 e. The molecule has 2 aromatic rings. The first-order valence-corrected chi connectivity index (χ1v) is 15.4. The van der Waals surface area contributed by atoms with Crippen LogP contribution in [0.25, 0.3) is 0 Å². The highest BCUT2D eigenvalue weighted by molar-refractivity contribution is 6.08. The largest absolute Gasteiger partial charge is 0.383 e. The third-order valence-electron chi connectivity index (χ3n) is 12.4. The Morgan fingerprint density at radius 2 is 1.76 bits per heavy atom. The highest BCUT2D eigenvalue weighted by atomic mass is 16.3. The van der Waals surface area contributed by atoms with Crippen LogP contribution in [0.4, 0.5) is 0 Å². The second kappa shape index (κ2) is 7.46. The molecule has 0 radical (unpaired) electrons. The highest BCUT2D eigenvalue weighted by Gasteiger charge is 2.77. The minimum Gasteiger partial charge on any atom is -0.383 e. The number of carbonyl (C=O) groups is 3. The van der Waals surface area contributed by atoms with E-state index in [1.165, 1.54) is 0 Å². The van der Waals surface area contributed by atoms with Crippen LogP contribution in [-0.4, -0.2) is 55.6 Å². The number of amides is 2. The van der Waals surface area contributed by atoms with Crippen molar-refractivity contribution in [1.82, 2.24) is 19.8 Å². The summed E-state index contributed by atoms with van der Waals surface area (Å²) < 4.78 is 0. The molecule has 8 nitrogen and oxygen atoms in total. The van der Waals surface area contributed by atoms with Gasteiger partial charge in [0.05, 0.1) is 27.6 Å². The number of aliphatic hydroxyl groups is 1. The molecule has 10 rings (SSSR count). The SMILES string of the molecule is C=C[C@]12CCN(C(=O)C34CC(C(=O)N5C[C@H]6[C@@H](C)[C@@H]6C6C5=CC(O)c5[nH]cc(C)c56)(C3)C4)C1=CC(=O)c1[nH]cc(C)c12. The van der Waals surface area contributed by atoms with Gasteiger partial charge < -0.3 is 24.9 Å². The van der Waals surface area contributed by atoms with Crippen molar-refractivity contribution in [2.75, 3.05) is 13.1 Å². The minimum atomic E-state index is -0.752. The summed E-state index contributed by atoms with van der Waals surface area (Å²) in [5.74, 6) is 1.68. The van der Waals surface area contributed by atoms with Crippen molar-refractivity contribution in [2.45, 2.75) is 63.9 Å². The van der Waals surface area contributed by atoms with Gasteiger partial charge in [-0.1, -0.05) is 13.0 Å². The van der Waals surface area contributed by atoms with Crippen LogP contribution in [0.3, 0.4) is 0 Å². The molecule has 8 heteroatoms. The van der Waals surface area contributed by atoms with Crippen molar-refractivity contribution in [3.8, 4) is 0 Å². The maximum atomic E-state index is 14.3. The lowest BCUT2D eigenvalue weighted by Crippen LogP contribution is -2.72. The van der Waals surface area contributed by atoms with Crippen LogP contribution in [0.15, 0.2) is 48.6 Å². The lowest BCUT2D eigenvalue weighted by atomic mass is 9.34. The molecule has 3 N–H and O–H groups in total. The molecule has 0 spiro atoms. The summed E-state index contributed by atoms with van der Waals surface area (Å²) in [4.78, 5) is 51.7. The van der Waals surface area contributed by atoms with Gasteiger partial charge in [0, 0.05) is 48.9 Å². The molecule has 2 aliphatic heterocycles. The molecular formula is C34H36N4O4. The third kappa shape index (κ3) is 2.63. The number of nitrogens with zero attached hydrogens (tertiary/aromatic N) is 2. The first-order valence-electron chi connectivity index (χ1n) is 15.4. The first kappa shape index (κ1) is 24.9. The Morgan fingerprint density at radius 1 is 1.07 bits per heavy atom. The van der Waals surface area contributed by atoms with E-state index in [0.29, 0.717) is 62.2 Å². The van der Waals surface area contributed by atoms with Crippen LogP contribution >= 0.6 is 0 Å². The summed E-state index contributed by atoms with van der Waals surface area (Å²) in [6.07, 6.45) is 10.8. The lowest BCUT2D eigenvalue weighted by Gasteiger charge is -2.69. The number of aryl methyl sites for hydroxylation is 2. The fourth-order valence-electron chi connectivity index (χ4n) is 10.3. The fourth-order valence-corrected chi connectivity index (χ4v) is 10.3. The normalized spacial score (nSPS) is 39.9. The van der Waals surface area contributed by atoms with Gasteiger partial charge in [-0.3, -0.25) is 14.4 Å². The van der Waals surface area contributed by atoms with Gasteiger partial charge in [0.1, 0.15) is 6.10 Å². The number of fused-ring (bicyclic) bond motifs is 8. The maximum Gasteiger partial charge on any atom is 0.233 e. The number of piperidine rings is 1. The maximum absolute atomic E-state index is 14.3. The number of likely N-dealkylation sites (tertiary alicyclic amines) is 2. The molecule has 4 heterocycles. The van der Waals surface area contributed by atoms with Crippen LogP contribution in [0.2, 0.25) is 0 Å². The third-order valence-corrected chi connectivity index (χ3v) is 12.4. The number of aromatic amines is 2. The monoisotopic (exact) mass is 564 g/mol. The van der Waals surface area contributed by atoms with E-state index in [0.717, 1.165) is 39.3 Å².